The summed E-state index contributed by atoms with van der Waals surface area (Å²) in [7, 11) is 0. The first-order chi connectivity index (χ1) is 13.0. The van der Waals surface area contributed by atoms with E-state index in [-0.39, 0.29) is 43.3 Å². The average Bonchev–Trinajstić information content (AvgIpc) is 2.60. The van der Waals surface area contributed by atoms with E-state index in [1.54, 1.807) is 12.1 Å². The molecule has 2 aromatic rings. The highest BCUT2D eigenvalue weighted by atomic mass is 35.5. The summed E-state index contributed by atoms with van der Waals surface area (Å²) in [6.07, 6.45) is 1.42. The molecular weight excluding hydrogens is 393 g/mol. The largest absolute Gasteiger partial charge is 0.353 e. The van der Waals surface area contributed by atoms with Gasteiger partial charge in [0.25, 0.3) is 0 Å². The fraction of sp³-hybridized carbons (Fsp3) is 0.250. The fourth-order valence-electron chi connectivity index (χ4n) is 2.32. The van der Waals surface area contributed by atoms with Crippen LogP contribution in [0.3, 0.4) is 0 Å². The van der Waals surface area contributed by atoms with E-state index in [2.05, 4.69) is 15.3 Å². The summed E-state index contributed by atoms with van der Waals surface area (Å²) in [6, 6.07) is 8.57. The lowest BCUT2D eigenvalue weighted by molar-refractivity contribution is -0.383. The average molecular weight is 406 g/mol. The Morgan fingerprint density at radius 1 is 1.11 bits per heavy atom. The van der Waals surface area contributed by atoms with Crippen LogP contribution < -0.4 is 10.2 Å². The monoisotopic (exact) mass is 405 g/mol. The van der Waals surface area contributed by atoms with Crippen molar-refractivity contribution in [2.45, 2.75) is 12.8 Å². The van der Waals surface area contributed by atoms with Gasteiger partial charge in [0.2, 0.25) is 11.6 Å². The highest BCUT2D eigenvalue weighted by molar-refractivity contribution is 6.35. The Morgan fingerprint density at radius 3 is 2.22 bits per heavy atom. The van der Waals surface area contributed by atoms with Crippen molar-refractivity contribution in [1.82, 2.24) is 9.97 Å². The molecule has 2 rings (SSSR count). The van der Waals surface area contributed by atoms with E-state index in [4.69, 9.17) is 33.7 Å². The Morgan fingerprint density at radius 2 is 1.70 bits per heavy atom. The van der Waals surface area contributed by atoms with Gasteiger partial charge in [-0.1, -0.05) is 23.2 Å². The van der Waals surface area contributed by atoms with Gasteiger partial charge in [0, 0.05) is 28.8 Å². The number of nitriles is 2. The smallest absolute Gasteiger partial charge is 0.349 e. The van der Waals surface area contributed by atoms with Crippen LogP contribution in [0.4, 0.5) is 23.0 Å². The molecule has 1 aromatic heterocycles. The number of aromatic nitrogens is 2. The van der Waals surface area contributed by atoms with Crippen molar-refractivity contribution in [1.29, 1.82) is 10.5 Å². The maximum Gasteiger partial charge on any atom is 0.353 e. The van der Waals surface area contributed by atoms with Crippen molar-refractivity contribution >= 4 is 46.2 Å². The van der Waals surface area contributed by atoms with Gasteiger partial charge in [-0.3, -0.25) is 10.1 Å². The Hall–Kier alpha value is -3.14. The Balaban J connectivity index is 2.47. The molecule has 0 aliphatic carbocycles. The highest BCUT2D eigenvalue weighted by Crippen LogP contribution is 2.34. The summed E-state index contributed by atoms with van der Waals surface area (Å²) in [4.78, 5) is 20.6. The number of anilines is 3. The lowest BCUT2D eigenvalue weighted by Gasteiger charge is -2.21. The van der Waals surface area contributed by atoms with Gasteiger partial charge in [0.1, 0.15) is 6.33 Å². The van der Waals surface area contributed by atoms with Crippen LogP contribution >= 0.6 is 23.2 Å². The molecule has 0 aliphatic rings. The number of nitrogens with one attached hydrogen (secondary N) is 1. The highest BCUT2D eigenvalue weighted by Gasteiger charge is 2.27. The van der Waals surface area contributed by atoms with Crippen molar-refractivity contribution in [2.75, 3.05) is 23.3 Å². The molecule has 1 aromatic carbocycles. The van der Waals surface area contributed by atoms with Gasteiger partial charge in [-0.25, -0.2) is 9.97 Å². The second kappa shape index (κ2) is 9.53. The van der Waals surface area contributed by atoms with Crippen LogP contribution in [0.15, 0.2) is 24.5 Å². The van der Waals surface area contributed by atoms with Crippen molar-refractivity contribution in [2.24, 2.45) is 0 Å². The lowest BCUT2D eigenvalue weighted by Crippen LogP contribution is -2.27. The van der Waals surface area contributed by atoms with Gasteiger partial charge in [-0.15, -0.1) is 0 Å². The molecule has 0 bridgehead atoms. The fourth-order valence-corrected chi connectivity index (χ4v) is 2.84. The molecule has 0 saturated heterocycles. The zero-order chi connectivity index (χ0) is 19.8. The molecule has 0 aliphatic heterocycles. The SMILES string of the molecule is N#CCCN(CCC#N)c1ncnc(Nc2cc(Cl)cc(Cl)c2)c1[N+](=O)[O-]. The number of nitro groups is 1. The molecule has 0 unspecified atom stereocenters. The van der Waals surface area contributed by atoms with Gasteiger partial charge in [-0.2, -0.15) is 10.5 Å². The Bertz CT molecular complexity index is 886. The Labute approximate surface area is 164 Å². The molecule has 0 radical (unpaired) electrons. The van der Waals surface area contributed by atoms with E-state index in [1.165, 1.54) is 17.3 Å². The first-order valence-corrected chi connectivity index (χ1v) is 8.43. The minimum Gasteiger partial charge on any atom is -0.349 e. The van der Waals surface area contributed by atoms with Gasteiger partial charge < -0.3 is 10.2 Å². The molecule has 0 spiro atoms. The molecule has 1 N–H and O–H groups in total. The second-order valence-electron chi connectivity index (χ2n) is 5.24. The first kappa shape index (κ1) is 20.2. The molecule has 9 nitrogen and oxygen atoms in total. The van der Waals surface area contributed by atoms with Gasteiger partial charge >= 0.3 is 5.69 Å². The summed E-state index contributed by atoms with van der Waals surface area (Å²) < 4.78 is 0. The van der Waals surface area contributed by atoms with Crippen LogP contribution in [0.2, 0.25) is 10.0 Å². The van der Waals surface area contributed by atoms with Gasteiger partial charge in [-0.05, 0) is 18.2 Å². The first-order valence-electron chi connectivity index (χ1n) is 7.67. The number of halogens is 2. The van der Waals surface area contributed by atoms with Crippen molar-refractivity contribution in [3.63, 3.8) is 0 Å². The summed E-state index contributed by atoms with van der Waals surface area (Å²) in [5.41, 5.74) is 0.0466. The summed E-state index contributed by atoms with van der Waals surface area (Å²) >= 11 is 11.9. The molecule has 1 heterocycles. The standard InChI is InChI=1S/C16H13Cl2N7O2/c17-11-7-12(18)9-13(8-11)23-15-14(25(26)27)16(22-10-21-15)24(5-1-3-19)6-2-4-20/h7-10H,1-2,5-6H2,(H,21,22,23). The summed E-state index contributed by atoms with van der Waals surface area (Å²) in [5, 5.41) is 32.9. The van der Waals surface area contributed by atoms with E-state index in [9.17, 15) is 10.1 Å². The molecule has 0 amide bonds. The van der Waals surface area contributed by atoms with Crippen molar-refractivity contribution < 1.29 is 4.92 Å². The number of hydrogen-bond donors (Lipinski definition) is 1. The van der Waals surface area contributed by atoms with Crippen molar-refractivity contribution in [3.8, 4) is 12.1 Å². The third-order valence-corrected chi connectivity index (χ3v) is 3.83. The number of hydrogen-bond acceptors (Lipinski definition) is 8. The molecule has 0 fully saturated rings. The molecule has 0 saturated carbocycles. The predicted octanol–water partition coefficient (Wildman–Crippen LogP) is 4.07. The maximum atomic E-state index is 11.7. The van der Waals surface area contributed by atoms with E-state index in [0.29, 0.717) is 15.7 Å². The third-order valence-electron chi connectivity index (χ3n) is 3.40. The molecule has 11 heteroatoms. The zero-order valence-corrected chi connectivity index (χ0v) is 15.4. The van der Waals surface area contributed by atoms with E-state index in [1.807, 2.05) is 12.1 Å². The van der Waals surface area contributed by atoms with Crippen LogP contribution in [0.1, 0.15) is 12.8 Å². The number of benzene rings is 1. The lowest BCUT2D eigenvalue weighted by atomic mass is 10.3. The molecular formula is C16H13Cl2N7O2. The van der Waals surface area contributed by atoms with Crippen LogP contribution in [0, 0.1) is 32.8 Å². The van der Waals surface area contributed by atoms with Crippen molar-refractivity contribution in [3.05, 3.63) is 44.7 Å². The van der Waals surface area contributed by atoms with E-state index in [0.717, 1.165) is 0 Å². The van der Waals surface area contributed by atoms with Crippen LogP contribution in [-0.4, -0.2) is 28.0 Å². The van der Waals surface area contributed by atoms with Crippen LogP contribution in [0.5, 0.6) is 0 Å². The maximum absolute atomic E-state index is 11.7. The minimum absolute atomic E-state index is 0.0242. The topological polar surface area (TPSA) is 132 Å². The minimum atomic E-state index is -0.616. The van der Waals surface area contributed by atoms with E-state index >= 15 is 0 Å². The Kier molecular flexibility index (Phi) is 7.12. The normalized spacial score (nSPS) is 9.93. The number of nitrogens with zero attached hydrogens (tertiary/aromatic N) is 6. The van der Waals surface area contributed by atoms with Crippen LogP contribution in [0.25, 0.3) is 0 Å². The zero-order valence-electron chi connectivity index (χ0n) is 13.9. The quantitative estimate of drug-likeness (QED) is 0.513. The molecule has 27 heavy (non-hydrogen) atoms. The van der Waals surface area contributed by atoms with Crippen LogP contribution in [-0.2, 0) is 0 Å². The van der Waals surface area contributed by atoms with Gasteiger partial charge in [0.05, 0.1) is 29.9 Å². The second-order valence-corrected chi connectivity index (χ2v) is 6.11. The summed E-state index contributed by atoms with van der Waals surface area (Å²) in [6.45, 7) is 0.386. The van der Waals surface area contributed by atoms with E-state index < -0.39 is 4.92 Å². The summed E-state index contributed by atoms with van der Waals surface area (Å²) in [5.74, 6) is -0.0293. The van der Waals surface area contributed by atoms with Gasteiger partial charge in [0.15, 0.2) is 0 Å². The molecule has 138 valence electrons. The molecule has 0 atom stereocenters. The third kappa shape index (κ3) is 5.42. The predicted molar refractivity (Wildman–Crippen MR) is 101 cm³/mol. The number of rotatable bonds is 8.